The van der Waals surface area contributed by atoms with Gasteiger partial charge in [0.05, 0.1) is 7.11 Å². The Kier molecular flexibility index (Phi) is 6.16. The SMILES string of the molecule is CON(C)C(=O)C1(C(O)(C(F)(F)F)C(F)(F)F)C=C(F)C(c2ccccc2)=C(C2CC2)C1F. The molecule has 0 bridgehead atoms. The molecule has 12 heteroatoms. The fraction of sp³-hybridized carbons (Fsp3) is 0.476. The van der Waals surface area contributed by atoms with Crippen molar-refractivity contribution in [3.8, 4) is 0 Å². The van der Waals surface area contributed by atoms with Crippen LogP contribution in [0.15, 0.2) is 47.8 Å². The summed E-state index contributed by atoms with van der Waals surface area (Å²) >= 11 is 0. The number of carbonyl (C=O) groups excluding carboxylic acids is 1. The third kappa shape index (κ3) is 3.63. The number of allylic oxidation sites excluding steroid dienone is 3. The van der Waals surface area contributed by atoms with Gasteiger partial charge >= 0.3 is 12.4 Å². The van der Waals surface area contributed by atoms with Gasteiger partial charge in [0.1, 0.15) is 12.0 Å². The van der Waals surface area contributed by atoms with E-state index in [0.29, 0.717) is 7.05 Å². The van der Waals surface area contributed by atoms with E-state index in [4.69, 9.17) is 0 Å². The Labute approximate surface area is 183 Å². The molecule has 2 aliphatic rings. The molecule has 0 aliphatic heterocycles. The number of amides is 1. The molecule has 1 aromatic rings. The summed E-state index contributed by atoms with van der Waals surface area (Å²) in [4.78, 5) is 17.4. The number of hydrogen-bond acceptors (Lipinski definition) is 3. The number of hydroxylamine groups is 2. The van der Waals surface area contributed by atoms with E-state index in [1.165, 1.54) is 30.3 Å². The highest BCUT2D eigenvalue weighted by atomic mass is 19.4. The van der Waals surface area contributed by atoms with E-state index in [-0.39, 0.29) is 23.5 Å². The van der Waals surface area contributed by atoms with Crippen LogP contribution in [0.4, 0.5) is 35.1 Å². The van der Waals surface area contributed by atoms with Gasteiger partial charge in [0.15, 0.2) is 5.41 Å². The number of nitrogens with zero attached hydrogens (tertiary/aromatic N) is 1. The Balaban J connectivity index is 2.42. The van der Waals surface area contributed by atoms with Crippen molar-refractivity contribution in [2.24, 2.45) is 11.3 Å². The standard InChI is InChI=1S/C21H19F8NO3/c1-30(33-2)17(31)18(19(32,20(24,25)26)21(27,28)29)10-13(22)14(11-6-4-3-5-7-11)15(16(18)23)12-8-9-12/h3-7,10,12,16,32H,8-9H2,1-2H3. The fourth-order valence-corrected chi connectivity index (χ4v) is 4.16. The van der Waals surface area contributed by atoms with Crippen molar-refractivity contribution in [1.82, 2.24) is 5.06 Å². The van der Waals surface area contributed by atoms with Gasteiger partial charge in [-0.05, 0) is 36.0 Å². The number of benzene rings is 1. The van der Waals surface area contributed by atoms with Crippen molar-refractivity contribution < 1.29 is 49.9 Å². The number of alkyl halides is 7. The van der Waals surface area contributed by atoms with Crippen LogP contribution in [0.25, 0.3) is 5.57 Å². The molecule has 1 fully saturated rings. The van der Waals surface area contributed by atoms with E-state index in [9.17, 15) is 36.2 Å². The summed E-state index contributed by atoms with van der Waals surface area (Å²) in [5.74, 6) is -4.86. The van der Waals surface area contributed by atoms with Crippen LogP contribution in [0.3, 0.4) is 0 Å². The van der Waals surface area contributed by atoms with Crippen molar-refractivity contribution in [2.75, 3.05) is 14.2 Å². The van der Waals surface area contributed by atoms with Crippen LogP contribution in [0.1, 0.15) is 18.4 Å². The van der Waals surface area contributed by atoms with Crippen LogP contribution in [0, 0.1) is 11.3 Å². The Morgan fingerprint density at radius 2 is 1.61 bits per heavy atom. The second kappa shape index (κ2) is 8.08. The van der Waals surface area contributed by atoms with Gasteiger partial charge in [-0.2, -0.15) is 26.3 Å². The summed E-state index contributed by atoms with van der Waals surface area (Å²) in [6.45, 7) is 0. The first-order chi connectivity index (χ1) is 15.1. The van der Waals surface area contributed by atoms with Crippen molar-refractivity contribution in [1.29, 1.82) is 0 Å². The van der Waals surface area contributed by atoms with E-state index in [0.717, 1.165) is 7.11 Å². The molecule has 182 valence electrons. The number of rotatable bonds is 5. The van der Waals surface area contributed by atoms with Crippen molar-refractivity contribution in [3.05, 3.63) is 53.4 Å². The normalized spacial score (nSPS) is 24.6. The van der Waals surface area contributed by atoms with Crippen LogP contribution in [-0.4, -0.2) is 54.4 Å². The molecule has 1 N–H and O–H groups in total. The minimum atomic E-state index is -6.62. The largest absolute Gasteiger partial charge is 0.427 e. The molecule has 0 heterocycles. The topological polar surface area (TPSA) is 49.8 Å². The van der Waals surface area contributed by atoms with Gasteiger partial charge in [0, 0.05) is 12.6 Å². The first-order valence-electron chi connectivity index (χ1n) is 9.65. The summed E-state index contributed by atoms with van der Waals surface area (Å²) in [6, 6.07) is 6.95. The molecule has 0 radical (unpaired) electrons. The lowest BCUT2D eigenvalue weighted by atomic mass is 9.61. The van der Waals surface area contributed by atoms with Gasteiger partial charge in [-0.3, -0.25) is 9.63 Å². The average molecular weight is 485 g/mol. The molecule has 1 saturated carbocycles. The molecule has 3 rings (SSSR count). The van der Waals surface area contributed by atoms with Gasteiger partial charge in [0.2, 0.25) is 0 Å². The third-order valence-electron chi connectivity index (χ3n) is 5.97. The zero-order valence-corrected chi connectivity index (χ0v) is 17.3. The maximum atomic E-state index is 16.1. The molecular formula is C21H19F8NO3. The number of carbonyl (C=O) groups is 1. The Hall–Kier alpha value is -2.47. The van der Waals surface area contributed by atoms with E-state index >= 15 is 8.78 Å². The quantitative estimate of drug-likeness (QED) is 0.476. The Bertz CT molecular complexity index is 967. The van der Waals surface area contributed by atoms with Crippen LogP contribution < -0.4 is 0 Å². The van der Waals surface area contributed by atoms with Crippen LogP contribution in [0.2, 0.25) is 0 Å². The number of hydrogen-bond donors (Lipinski definition) is 1. The van der Waals surface area contributed by atoms with Crippen LogP contribution in [-0.2, 0) is 9.63 Å². The second-order valence-electron chi connectivity index (χ2n) is 7.89. The lowest BCUT2D eigenvalue weighted by Crippen LogP contribution is -2.74. The van der Waals surface area contributed by atoms with Crippen LogP contribution >= 0.6 is 0 Å². The molecule has 0 saturated heterocycles. The number of aliphatic hydroxyl groups is 1. The highest BCUT2D eigenvalue weighted by molar-refractivity contribution is 5.93. The first-order valence-corrected chi connectivity index (χ1v) is 9.65. The molecule has 4 nitrogen and oxygen atoms in total. The summed E-state index contributed by atoms with van der Waals surface area (Å²) in [7, 11) is 1.36. The lowest BCUT2D eigenvalue weighted by molar-refractivity contribution is -0.398. The predicted octanol–water partition coefficient (Wildman–Crippen LogP) is 4.92. The van der Waals surface area contributed by atoms with E-state index in [1.54, 1.807) is 0 Å². The number of halogens is 8. The van der Waals surface area contributed by atoms with Gasteiger partial charge in [-0.15, -0.1) is 0 Å². The minimum Gasteiger partial charge on any atom is -0.372 e. The zero-order chi connectivity index (χ0) is 25.0. The molecule has 1 aromatic carbocycles. The lowest BCUT2D eigenvalue weighted by Gasteiger charge is -2.49. The third-order valence-corrected chi connectivity index (χ3v) is 5.97. The van der Waals surface area contributed by atoms with Gasteiger partial charge < -0.3 is 5.11 Å². The molecule has 2 unspecified atom stereocenters. The van der Waals surface area contributed by atoms with Gasteiger partial charge in [-0.1, -0.05) is 30.3 Å². The van der Waals surface area contributed by atoms with Gasteiger partial charge in [0.25, 0.3) is 11.5 Å². The second-order valence-corrected chi connectivity index (χ2v) is 7.89. The zero-order valence-electron chi connectivity index (χ0n) is 17.3. The van der Waals surface area contributed by atoms with Crippen molar-refractivity contribution >= 4 is 11.5 Å². The Morgan fingerprint density at radius 3 is 2.03 bits per heavy atom. The maximum Gasteiger partial charge on any atom is 0.427 e. The predicted molar refractivity (Wildman–Crippen MR) is 99.4 cm³/mol. The molecular weight excluding hydrogens is 466 g/mol. The average Bonchev–Trinajstić information content (AvgIpc) is 3.57. The maximum absolute atomic E-state index is 16.1. The monoisotopic (exact) mass is 485 g/mol. The van der Waals surface area contributed by atoms with E-state index in [1.807, 2.05) is 0 Å². The fourth-order valence-electron chi connectivity index (χ4n) is 4.16. The van der Waals surface area contributed by atoms with E-state index < -0.39 is 64.4 Å². The molecule has 1 amide bonds. The molecule has 2 atom stereocenters. The van der Waals surface area contributed by atoms with Crippen molar-refractivity contribution in [2.45, 2.75) is 37.0 Å². The summed E-state index contributed by atoms with van der Waals surface area (Å²) in [6.07, 6.45) is -16.7. The first kappa shape index (κ1) is 25.2. The molecule has 0 aromatic heterocycles. The van der Waals surface area contributed by atoms with Gasteiger partial charge in [-0.25, -0.2) is 13.8 Å². The molecule has 2 aliphatic carbocycles. The van der Waals surface area contributed by atoms with E-state index in [2.05, 4.69) is 4.84 Å². The highest BCUT2D eigenvalue weighted by Crippen LogP contribution is 2.62. The van der Waals surface area contributed by atoms with Crippen molar-refractivity contribution in [3.63, 3.8) is 0 Å². The summed E-state index contributed by atoms with van der Waals surface area (Å²) in [5, 5.41) is 10.1. The minimum absolute atomic E-state index is 0.000461. The summed E-state index contributed by atoms with van der Waals surface area (Å²) < 4.78 is 115. The summed E-state index contributed by atoms with van der Waals surface area (Å²) in [5.41, 5.74) is -11.7. The molecule has 0 spiro atoms. The Morgan fingerprint density at radius 1 is 1.09 bits per heavy atom. The smallest absolute Gasteiger partial charge is 0.372 e. The van der Waals surface area contributed by atoms with Crippen LogP contribution in [0.5, 0.6) is 0 Å². The molecule has 33 heavy (non-hydrogen) atoms. The highest BCUT2D eigenvalue weighted by Gasteiger charge is 2.84.